The Morgan fingerprint density at radius 2 is 1.76 bits per heavy atom. The number of benzene rings is 1. The van der Waals surface area contributed by atoms with Gasteiger partial charge in [0.2, 0.25) is 0 Å². The van der Waals surface area contributed by atoms with Gasteiger partial charge in [-0.2, -0.15) is 0 Å². The van der Waals surface area contributed by atoms with Gasteiger partial charge in [0.1, 0.15) is 35.6 Å². The Balaban J connectivity index is 1.82. The molecule has 4 aromatic rings. The van der Waals surface area contributed by atoms with E-state index in [9.17, 15) is 0 Å². The van der Waals surface area contributed by atoms with Gasteiger partial charge < -0.3 is 16.0 Å². The summed E-state index contributed by atoms with van der Waals surface area (Å²) < 4.78 is 0. The number of hydrogen-bond acceptors (Lipinski definition) is 7. The lowest BCUT2D eigenvalue weighted by Crippen LogP contribution is -2.00. The predicted molar refractivity (Wildman–Crippen MR) is 96.9 cm³/mol. The highest BCUT2D eigenvalue weighted by molar-refractivity contribution is 6.39. The van der Waals surface area contributed by atoms with Crippen LogP contribution in [-0.4, -0.2) is 29.9 Å². The Kier molecular flexibility index (Phi) is 3.83. The lowest BCUT2D eigenvalue weighted by molar-refractivity contribution is 1.15. The molecule has 10 heteroatoms. The summed E-state index contributed by atoms with van der Waals surface area (Å²) in [5.41, 5.74) is 7.32. The highest BCUT2D eigenvalue weighted by Crippen LogP contribution is 2.34. The zero-order chi connectivity index (χ0) is 17.4. The molecule has 0 spiro atoms. The highest BCUT2D eigenvalue weighted by Gasteiger charge is 2.16. The van der Waals surface area contributed by atoms with E-state index in [0.717, 1.165) is 0 Å². The van der Waals surface area contributed by atoms with E-state index in [2.05, 4.69) is 35.2 Å². The van der Waals surface area contributed by atoms with Crippen LogP contribution in [0.2, 0.25) is 10.0 Å². The van der Waals surface area contributed by atoms with Crippen molar-refractivity contribution in [1.29, 1.82) is 0 Å². The topological polar surface area (TPSA) is 118 Å². The lowest BCUT2D eigenvalue weighted by atomic mass is 10.2. The fourth-order valence-electron chi connectivity index (χ4n) is 2.33. The molecule has 0 amide bonds. The fraction of sp³-hybridized carbons (Fsp3) is 0. The van der Waals surface area contributed by atoms with E-state index in [0.29, 0.717) is 50.1 Å². The first-order valence-corrected chi connectivity index (χ1v) is 7.87. The average molecular weight is 373 g/mol. The molecule has 4 rings (SSSR count). The summed E-state index contributed by atoms with van der Waals surface area (Å²) in [6, 6.07) is 6.84. The van der Waals surface area contributed by atoms with Crippen molar-refractivity contribution < 1.29 is 0 Å². The molecule has 0 unspecified atom stereocenters. The Bertz CT molecular complexity index is 1060. The van der Waals surface area contributed by atoms with E-state index < -0.39 is 0 Å². The van der Waals surface area contributed by atoms with Crippen molar-refractivity contribution in [3.8, 4) is 11.4 Å². The summed E-state index contributed by atoms with van der Waals surface area (Å²) in [4.78, 5) is 23.9. The van der Waals surface area contributed by atoms with Crippen molar-refractivity contribution in [3.05, 3.63) is 47.0 Å². The molecule has 4 N–H and O–H groups in total. The molecule has 0 fully saturated rings. The van der Waals surface area contributed by atoms with Crippen LogP contribution in [0.25, 0.3) is 22.6 Å². The summed E-state index contributed by atoms with van der Waals surface area (Å²) in [5, 5.41) is 4.03. The van der Waals surface area contributed by atoms with Crippen molar-refractivity contribution in [2.24, 2.45) is 0 Å². The molecule has 3 aromatic heterocycles. The zero-order valence-electron chi connectivity index (χ0n) is 12.5. The number of halogens is 2. The first kappa shape index (κ1) is 15.6. The van der Waals surface area contributed by atoms with E-state index in [1.807, 2.05) is 0 Å². The van der Waals surface area contributed by atoms with Crippen LogP contribution < -0.4 is 11.1 Å². The summed E-state index contributed by atoms with van der Waals surface area (Å²) >= 11 is 12.5. The van der Waals surface area contributed by atoms with E-state index in [-0.39, 0.29) is 0 Å². The van der Waals surface area contributed by atoms with Gasteiger partial charge in [-0.25, -0.2) is 24.9 Å². The molecule has 0 radical (unpaired) electrons. The smallest absolute Gasteiger partial charge is 0.183 e. The third-order valence-electron chi connectivity index (χ3n) is 3.42. The minimum atomic E-state index is 0.343. The maximum atomic E-state index is 6.25. The van der Waals surface area contributed by atoms with Crippen molar-refractivity contribution in [3.63, 3.8) is 0 Å². The summed E-state index contributed by atoms with van der Waals surface area (Å²) in [6.45, 7) is 0. The minimum Gasteiger partial charge on any atom is -0.384 e. The second-order valence-corrected chi connectivity index (χ2v) is 5.87. The Morgan fingerprint density at radius 1 is 1.00 bits per heavy atom. The summed E-state index contributed by atoms with van der Waals surface area (Å²) in [5.74, 6) is 1.83. The average Bonchev–Trinajstić information content (AvgIpc) is 2.99. The van der Waals surface area contributed by atoms with Gasteiger partial charge >= 0.3 is 0 Å². The summed E-state index contributed by atoms with van der Waals surface area (Å²) in [6.07, 6.45) is 2.76. The second-order valence-electron chi connectivity index (χ2n) is 5.06. The van der Waals surface area contributed by atoms with Gasteiger partial charge in [0.15, 0.2) is 11.5 Å². The fourth-order valence-corrected chi connectivity index (χ4v) is 2.90. The van der Waals surface area contributed by atoms with Crippen LogP contribution in [0.4, 0.5) is 17.5 Å². The maximum absolute atomic E-state index is 6.25. The molecule has 124 valence electrons. The van der Waals surface area contributed by atoms with E-state index in [4.69, 9.17) is 28.9 Å². The van der Waals surface area contributed by atoms with Crippen molar-refractivity contribution in [2.45, 2.75) is 0 Å². The van der Waals surface area contributed by atoms with Crippen LogP contribution in [-0.2, 0) is 0 Å². The first-order chi connectivity index (χ1) is 12.1. The van der Waals surface area contributed by atoms with Crippen LogP contribution in [0.15, 0.2) is 36.9 Å². The Morgan fingerprint density at radius 3 is 2.52 bits per heavy atom. The van der Waals surface area contributed by atoms with Crippen LogP contribution in [0.3, 0.4) is 0 Å². The number of fused-ring (bicyclic) bond motifs is 1. The Labute approximate surface area is 151 Å². The number of anilines is 3. The number of hydrogen-bond donors (Lipinski definition) is 3. The number of aromatic nitrogens is 6. The number of nitrogens with zero attached hydrogens (tertiary/aromatic N) is 5. The quantitative estimate of drug-likeness (QED) is 0.503. The second kappa shape index (κ2) is 6.15. The van der Waals surface area contributed by atoms with Gasteiger partial charge in [0, 0.05) is 6.07 Å². The van der Waals surface area contributed by atoms with Gasteiger partial charge in [-0.05, 0) is 12.1 Å². The zero-order valence-corrected chi connectivity index (χ0v) is 14.0. The normalized spacial score (nSPS) is 11.0. The van der Waals surface area contributed by atoms with E-state index in [1.54, 1.807) is 24.3 Å². The molecule has 0 saturated heterocycles. The lowest BCUT2D eigenvalue weighted by Gasteiger charge is -2.05. The van der Waals surface area contributed by atoms with E-state index >= 15 is 0 Å². The van der Waals surface area contributed by atoms with Crippen LogP contribution in [0.5, 0.6) is 0 Å². The molecule has 0 bridgehead atoms. The maximum Gasteiger partial charge on any atom is 0.183 e. The molecule has 3 heterocycles. The van der Waals surface area contributed by atoms with Crippen LogP contribution in [0.1, 0.15) is 0 Å². The molecular formula is C15H10Cl2N8. The molecule has 8 nitrogen and oxygen atoms in total. The summed E-state index contributed by atoms with van der Waals surface area (Å²) in [7, 11) is 0. The monoisotopic (exact) mass is 372 g/mol. The van der Waals surface area contributed by atoms with Gasteiger partial charge in [0.05, 0.1) is 15.6 Å². The third kappa shape index (κ3) is 2.92. The molecule has 0 aliphatic heterocycles. The van der Waals surface area contributed by atoms with Gasteiger partial charge in [-0.1, -0.05) is 29.3 Å². The number of imidazole rings is 1. The van der Waals surface area contributed by atoms with Gasteiger partial charge in [-0.3, -0.25) is 0 Å². The first-order valence-electron chi connectivity index (χ1n) is 7.11. The van der Waals surface area contributed by atoms with Crippen molar-refractivity contribution in [2.75, 3.05) is 11.1 Å². The minimum absolute atomic E-state index is 0.343. The largest absolute Gasteiger partial charge is 0.384 e. The third-order valence-corrected chi connectivity index (χ3v) is 4.05. The SMILES string of the molecule is Nc1cc(Nc2ncnc3nc(-c4c(Cl)cccc4Cl)[nH]c23)ncn1. The number of nitrogen functional groups attached to an aromatic ring is 1. The van der Waals surface area contributed by atoms with Gasteiger partial charge in [-0.15, -0.1) is 0 Å². The molecule has 0 saturated carbocycles. The number of rotatable bonds is 3. The van der Waals surface area contributed by atoms with Crippen LogP contribution in [0, 0.1) is 0 Å². The van der Waals surface area contributed by atoms with Gasteiger partial charge in [0.25, 0.3) is 0 Å². The molecular weight excluding hydrogens is 363 g/mol. The highest BCUT2D eigenvalue weighted by atomic mass is 35.5. The molecule has 0 aliphatic carbocycles. The molecule has 25 heavy (non-hydrogen) atoms. The molecule has 0 atom stereocenters. The standard InChI is InChI=1S/C15H10Cl2N8/c16-7-2-1-3-8(17)11(7)13-24-12-14(21-6-22-15(12)25-13)23-10-4-9(18)19-5-20-10/h1-6H,(H4,18,19,20,21,22,23,24,25). The number of nitrogens with two attached hydrogens (primary N) is 1. The molecule has 1 aromatic carbocycles. The number of H-pyrrole nitrogens is 1. The molecule has 0 aliphatic rings. The number of nitrogens with one attached hydrogen (secondary N) is 2. The predicted octanol–water partition coefficient (Wildman–Crippen LogP) is 3.44. The number of aromatic amines is 1. The van der Waals surface area contributed by atoms with Crippen LogP contribution >= 0.6 is 23.2 Å². The van der Waals surface area contributed by atoms with Crippen molar-refractivity contribution >= 4 is 51.8 Å². The Hall–Kier alpha value is -2.97. The van der Waals surface area contributed by atoms with E-state index in [1.165, 1.54) is 12.7 Å². The van der Waals surface area contributed by atoms with Crippen molar-refractivity contribution in [1.82, 2.24) is 29.9 Å².